The van der Waals surface area contributed by atoms with Gasteiger partial charge >= 0.3 is 0 Å². The van der Waals surface area contributed by atoms with E-state index in [1.54, 1.807) is 68.4 Å². The number of nitrogens with one attached hydrogen (secondary N) is 1. The smallest absolute Gasteiger partial charge is 0.264 e. The number of rotatable bonds is 13. The number of anilines is 1. The number of carbonyl (C=O) groups is 2. The molecule has 3 aromatic carbocycles. The third-order valence-electron chi connectivity index (χ3n) is 6.35. The van der Waals surface area contributed by atoms with Crippen molar-refractivity contribution in [2.75, 3.05) is 23.7 Å². The molecule has 8 nitrogen and oxygen atoms in total. The summed E-state index contributed by atoms with van der Waals surface area (Å²) in [6.07, 6.45) is 1.89. The SMILES string of the molecule is CCOc1ccccc1N(CC(=O)N(Cc1c(Cl)cccc1Cl)[C@H](C)C(=O)NC(C)C)S(=O)(=O)c1ccc(SC)cc1. The lowest BCUT2D eigenvalue weighted by molar-refractivity contribution is -0.139. The van der Waals surface area contributed by atoms with Gasteiger partial charge in [-0.15, -0.1) is 11.8 Å². The van der Waals surface area contributed by atoms with Crippen molar-refractivity contribution in [1.29, 1.82) is 0 Å². The highest BCUT2D eigenvalue weighted by molar-refractivity contribution is 7.98. The van der Waals surface area contributed by atoms with Crippen molar-refractivity contribution in [3.8, 4) is 5.75 Å². The molecule has 0 saturated heterocycles. The molecule has 0 aliphatic carbocycles. The fourth-order valence-electron chi connectivity index (χ4n) is 4.17. The van der Waals surface area contributed by atoms with Crippen LogP contribution in [0.25, 0.3) is 0 Å². The Labute approximate surface area is 262 Å². The van der Waals surface area contributed by atoms with Crippen LogP contribution in [-0.4, -0.2) is 56.6 Å². The van der Waals surface area contributed by atoms with Crippen molar-refractivity contribution in [3.05, 3.63) is 82.3 Å². The van der Waals surface area contributed by atoms with Crippen LogP contribution in [0.3, 0.4) is 0 Å². The van der Waals surface area contributed by atoms with Gasteiger partial charge in [-0.3, -0.25) is 13.9 Å². The summed E-state index contributed by atoms with van der Waals surface area (Å²) < 4.78 is 35.0. The highest BCUT2D eigenvalue weighted by atomic mass is 35.5. The monoisotopic (exact) mass is 651 g/mol. The summed E-state index contributed by atoms with van der Waals surface area (Å²) in [6, 6.07) is 16.8. The van der Waals surface area contributed by atoms with Crippen LogP contribution in [0.4, 0.5) is 5.69 Å². The molecule has 0 aliphatic heterocycles. The third kappa shape index (κ3) is 8.12. The van der Waals surface area contributed by atoms with Gasteiger partial charge in [-0.25, -0.2) is 8.42 Å². The molecule has 0 heterocycles. The Bertz CT molecular complexity index is 1480. The van der Waals surface area contributed by atoms with E-state index in [-0.39, 0.29) is 29.8 Å². The van der Waals surface area contributed by atoms with E-state index in [9.17, 15) is 18.0 Å². The molecule has 12 heteroatoms. The molecule has 0 spiro atoms. The molecule has 42 heavy (non-hydrogen) atoms. The van der Waals surface area contributed by atoms with Gasteiger partial charge in [0.2, 0.25) is 11.8 Å². The van der Waals surface area contributed by atoms with Crippen molar-refractivity contribution < 1.29 is 22.7 Å². The van der Waals surface area contributed by atoms with Crippen LogP contribution in [0.1, 0.15) is 33.3 Å². The maximum Gasteiger partial charge on any atom is 0.264 e. The van der Waals surface area contributed by atoms with Crippen LogP contribution in [0, 0.1) is 0 Å². The van der Waals surface area contributed by atoms with E-state index in [4.69, 9.17) is 27.9 Å². The first-order valence-corrected chi connectivity index (χ1v) is 16.7. The van der Waals surface area contributed by atoms with Crippen molar-refractivity contribution in [1.82, 2.24) is 10.2 Å². The number of hydrogen-bond donors (Lipinski definition) is 1. The Morgan fingerprint density at radius 1 is 0.952 bits per heavy atom. The van der Waals surface area contributed by atoms with Crippen molar-refractivity contribution in [3.63, 3.8) is 0 Å². The second-order valence-electron chi connectivity index (χ2n) is 9.65. The molecule has 3 aromatic rings. The van der Waals surface area contributed by atoms with Gasteiger partial charge in [0.05, 0.1) is 17.2 Å². The van der Waals surface area contributed by atoms with Gasteiger partial charge in [-0.1, -0.05) is 41.4 Å². The summed E-state index contributed by atoms with van der Waals surface area (Å²) in [5, 5.41) is 3.45. The molecule has 2 amide bonds. The van der Waals surface area contributed by atoms with E-state index in [2.05, 4.69) is 5.32 Å². The van der Waals surface area contributed by atoms with Crippen LogP contribution >= 0.6 is 35.0 Å². The molecule has 1 N–H and O–H groups in total. The van der Waals surface area contributed by atoms with Gasteiger partial charge in [-0.05, 0) is 82.5 Å². The molecule has 0 unspecified atom stereocenters. The van der Waals surface area contributed by atoms with Gasteiger partial charge in [0.15, 0.2) is 0 Å². The van der Waals surface area contributed by atoms with Crippen LogP contribution in [0.2, 0.25) is 10.0 Å². The number of para-hydroxylation sites is 2. The van der Waals surface area contributed by atoms with Crippen LogP contribution in [-0.2, 0) is 26.2 Å². The zero-order chi connectivity index (χ0) is 31.0. The number of hydrogen-bond acceptors (Lipinski definition) is 6. The zero-order valence-corrected chi connectivity index (χ0v) is 27.3. The number of halogens is 2. The first-order valence-electron chi connectivity index (χ1n) is 13.3. The fourth-order valence-corrected chi connectivity index (χ4v) is 6.52. The zero-order valence-electron chi connectivity index (χ0n) is 24.1. The first-order chi connectivity index (χ1) is 19.9. The molecule has 0 aliphatic rings. The van der Waals surface area contributed by atoms with Crippen LogP contribution < -0.4 is 14.4 Å². The Hall–Kier alpha value is -2.92. The minimum absolute atomic E-state index is 0.00528. The summed E-state index contributed by atoms with van der Waals surface area (Å²) in [6.45, 7) is 6.53. The van der Waals surface area contributed by atoms with Gasteiger partial charge < -0.3 is 15.0 Å². The largest absolute Gasteiger partial charge is 0.492 e. The van der Waals surface area contributed by atoms with E-state index in [0.717, 1.165) is 9.20 Å². The molecule has 0 radical (unpaired) electrons. The number of sulfonamides is 1. The second-order valence-corrected chi connectivity index (χ2v) is 13.2. The molecular weight excluding hydrogens is 617 g/mol. The Balaban J connectivity index is 2.12. The molecule has 226 valence electrons. The quantitative estimate of drug-likeness (QED) is 0.220. The maximum absolute atomic E-state index is 14.1. The number of nitrogens with zero attached hydrogens (tertiary/aromatic N) is 2. The van der Waals surface area contributed by atoms with E-state index in [1.807, 2.05) is 20.1 Å². The van der Waals surface area contributed by atoms with Crippen molar-refractivity contribution in [2.24, 2.45) is 0 Å². The molecule has 0 fully saturated rings. The second kappa shape index (κ2) is 15.0. The third-order valence-corrected chi connectivity index (χ3v) is 9.57. The molecule has 0 aromatic heterocycles. The first kappa shape index (κ1) is 33.6. The van der Waals surface area contributed by atoms with Gasteiger partial charge in [0, 0.05) is 33.1 Å². The van der Waals surface area contributed by atoms with Crippen molar-refractivity contribution in [2.45, 2.75) is 56.1 Å². The predicted octanol–water partition coefficient (Wildman–Crippen LogP) is 6.25. The summed E-state index contributed by atoms with van der Waals surface area (Å²) >= 11 is 14.3. The van der Waals surface area contributed by atoms with Gasteiger partial charge in [0.1, 0.15) is 18.3 Å². The van der Waals surface area contributed by atoms with Gasteiger partial charge in [0.25, 0.3) is 10.0 Å². The lowest BCUT2D eigenvalue weighted by Gasteiger charge is -2.33. The highest BCUT2D eigenvalue weighted by Gasteiger charge is 2.34. The minimum atomic E-state index is -4.26. The highest BCUT2D eigenvalue weighted by Crippen LogP contribution is 2.34. The molecule has 3 rings (SSSR count). The Kier molecular flexibility index (Phi) is 12.0. The predicted molar refractivity (Wildman–Crippen MR) is 170 cm³/mol. The number of benzene rings is 3. The van der Waals surface area contributed by atoms with Gasteiger partial charge in [-0.2, -0.15) is 0 Å². The lowest BCUT2D eigenvalue weighted by atomic mass is 10.1. The standard InChI is InChI=1S/C30H35Cl2N3O5S2/c1-6-40-28-13-8-7-12-27(28)35(42(38,39)23-16-14-22(41-5)15-17-23)19-29(36)34(21(4)30(37)33-20(2)3)18-24-25(31)10-9-11-26(24)32/h7-17,20-21H,6,18-19H2,1-5H3,(H,33,37)/t21-/m1/s1. The van der Waals surface area contributed by atoms with Crippen LogP contribution in [0.15, 0.2) is 76.5 Å². The molecule has 1 atom stereocenters. The topological polar surface area (TPSA) is 96.0 Å². The number of amides is 2. The average molecular weight is 653 g/mol. The van der Waals surface area contributed by atoms with Crippen LogP contribution in [0.5, 0.6) is 5.75 Å². The van der Waals surface area contributed by atoms with E-state index < -0.39 is 34.4 Å². The number of thioether (sulfide) groups is 1. The van der Waals surface area contributed by atoms with E-state index in [1.165, 1.54) is 28.8 Å². The number of carbonyl (C=O) groups excluding carboxylic acids is 2. The summed E-state index contributed by atoms with van der Waals surface area (Å²) in [7, 11) is -4.26. The normalized spacial score (nSPS) is 12.1. The fraction of sp³-hybridized carbons (Fsp3) is 0.333. The van der Waals surface area contributed by atoms with E-state index in [0.29, 0.717) is 21.4 Å². The lowest BCUT2D eigenvalue weighted by Crippen LogP contribution is -2.52. The molecule has 0 saturated carbocycles. The average Bonchev–Trinajstić information content (AvgIpc) is 2.95. The molecule has 0 bridgehead atoms. The minimum Gasteiger partial charge on any atom is -0.492 e. The molecular formula is C30H35Cl2N3O5S2. The Morgan fingerprint density at radius 2 is 1.57 bits per heavy atom. The van der Waals surface area contributed by atoms with E-state index >= 15 is 0 Å². The summed E-state index contributed by atoms with van der Waals surface area (Å²) in [5.74, 6) is -0.741. The summed E-state index contributed by atoms with van der Waals surface area (Å²) in [5.41, 5.74) is 0.631. The van der Waals surface area contributed by atoms with Crippen molar-refractivity contribution >= 4 is 62.5 Å². The maximum atomic E-state index is 14.1. The Morgan fingerprint density at radius 3 is 2.14 bits per heavy atom. The number of ether oxygens (including phenoxy) is 1. The summed E-state index contributed by atoms with van der Waals surface area (Å²) in [4.78, 5) is 29.4.